The van der Waals surface area contributed by atoms with Crippen LogP contribution in [0.3, 0.4) is 0 Å². The van der Waals surface area contributed by atoms with Crippen LogP contribution in [-0.4, -0.2) is 85.5 Å². The van der Waals surface area contributed by atoms with Crippen LogP contribution >= 0.6 is 0 Å². The Balaban J connectivity index is 1.53. The third-order valence-electron chi connectivity index (χ3n) is 7.09. The van der Waals surface area contributed by atoms with Crippen LogP contribution < -0.4 is 11.1 Å². The molecule has 1 fully saturated rings. The normalized spacial score (nSPS) is 15.8. The van der Waals surface area contributed by atoms with Gasteiger partial charge in [0, 0.05) is 62.8 Å². The van der Waals surface area contributed by atoms with Gasteiger partial charge in [-0.25, -0.2) is 18.2 Å². The first kappa shape index (κ1) is 32.2. The van der Waals surface area contributed by atoms with E-state index in [-0.39, 0.29) is 42.1 Å². The number of benzene rings is 2. The number of nitrogens with one attached hydrogen (secondary N) is 1. The van der Waals surface area contributed by atoms with Gasteiger partial charge in [0.1, 0.15) is 11.4 Å². The van der Waals surface area contributed by atoms with E-state index in [1.54, 1.807) is 49.9 Å². The quantitative estimate of drug-likeness (QED) is 0.371. The first-order valence-corrected chi connectivity index (χ1v) is 15.9. The Morgan fingerprint density at radius 3 is 2.53 bits per heavy atom. The summed E-state index contributed by atoms with van der Waals surface area (Å²) in [4.78, 5) is 32.1. The Bertz CT molecular complexity index is 1520. The maximum atomic E-state index is 13.6. The average molecular weight is 612 g/mol. The van der Waals surface area contributed by atoms with Crippen LogP contribution in [0.4, 0.5) is 10.5 Å². The molecule has 0 radical (unpaired) electrons. The van der Waals surface area contributed by atoms with Gasteiger partial charge in [-0.2, -0.15) is 4.31 Å². The fourth-order valence-electron chi connectivity index (χ4n) is 4.92. The highest BCUT2D eigenvalue weighted by atomic mass is 32.2. The van der Waals surface area contributed by atoms with E-state index in [1.807, 2.05) is 31.2 Å². The zero-order valence-electron chi connectivity index (χ0n) is 25.2. The molecule has 0 atom stereocenters. The SMILES string of the molecule is CCCN(CCNC(=O)OC(C)(C)C)C(=O)C1=Cc2ccc(-c3cccc(S(=O)(=O)N4CC(CO)C4)c3)cc2N=C(N)C1. The molecular formula is C31H41N5O6S. The van der Waals surface area contributed by atoms with Gasteiger partial charge in [0.05, 0.1) is 10.6 Å². The number of hydrogen-bond donors (Lipinski definition) is 3. The molecule has 12 heteroatoms. The number of carbonyl (C=O) groups excluding carboxylic acids is 2. The second-order valence-electron chi connectivity index (χ2n) is 11.8. The number of rotatable bonds is 10. The van der Waals surface area contributed by atoms with Gasteiger partial charge in [-0.1, -0.05) is 31.2 Å². The molecule has 2 heterocycles. The van der Waals surface area contributed by atoms with Gasteiger partial charge < -0.3 is 25.8 Å². The Morgan fingerprint density at radius 2 is 1.86 bits per heavy atom. The molecule has 0 saturated carbocycles. The summed E-state index contributed by atoms with van der Waals surface area (Å²) in [5.74, 6) is 0.0697. The van der Waals surface area contributed by atoms with Gasteiger partial charge in [-0.3, -0.25) is 4.79 Å². The van der Waals surface area contributed by atoms with Crippen LogP contribution in [0.15, 0.2) is 57.9 Å². The third kappa shape index (κ3) is 8.01. The fourth-order valence-corrected chi connectivity index (χ4v) is 6.56. The minimum Gasteiger partial charge on any atom is -0.444 e. The lowest BCUT2D eigenvalue weighted by molar-refractivity contribution is -0.127. The third-order valence-corrected chi connectivity index (χ3v) is 8.92. The molecule has 232 valence electrons. The number of carbonyl (C=O) groups is 2. The molecule has 0 aliphatic carbocycles. The van der Waals surface area contributed by atoms with Crippen LogP contribution in [-0.2, 0) is 19.6 Å². The van der Waals surface area contributed by atoms with Gasteiger partial charge in [0.2, 0.25) is 15.9 Å². The first-order chi connectivity index (χ1) is 20.3. The van der Waals surface area contributed by atoms with E-state index in [2.05, 4.69) is 10.3 Å². The summed E-state index contributed by atoms with van der Waals surface area (Å²) in [5.41, 5.74) is 8.89. The van der Waals surface area contributed by atoms with Gasteiger partial charge in [0.25, 0.3) is 0 Å². The van der Waals surface area contributed by atoms with Crippen molar-refractivity contribution in [1.82, 2.24) is 14.5 Å². The molecule has 2 aromatic rings. The number of amides is 2. The molecular weight excluding hydrogens is 570 g/mol. The molecule has 1 saturated heterocycles. The lowest BCUT2D eigenvalue weighted by Gasteiger charge is -2.36. The van der Waals surface area contributed by atoms with Crippen molar-refractivity contribution >= 4 is 39.6 Å². The van der Waals surface area contributed by atoms with Crippen LogP contribution in [0.2, 0.25) is 0 Å². The van der Waals surface area contributed by atoms with Crippen molar-refractivity contribution < 1.29 is 27.9 Å². The second-order valence-corrected chi connectivity index (χ2v) is 13.8. The Labute approximate surface area is 253 Å². The highest BCUT2D eigenvalue weighted by Gasteiger charge is 2.36. The zero-order valence-corrected chi connectivity index (χ0v) is 26.0. The molecule has 11 nitrogen and oxygen atoms in total. The number of fused-ring (bicyclic) bond motifs is 1. The second kappa shape index (κ2) is 13.3. The number of hydrogen-bond acceptors (Lipinski definition) is 8. The van der Waals surface area contributed by atoms with Gasteiger partial charge in [-0.15, -0.1) is 0 Å². The minimum absolute atomic E-state index is 0.0290. The monoisotopic (exact) mass is 611 g/mol. The number of sulfonamides is 1. The maximum absolute atomic E-state index is 13.6. The molecule has 0 bridgehead atoms. The van der Waals surface area contributed by atoms with Crippen molar-refractivity contribution in [2.45, 2.75) is 51.0 Å². The van der Waals surface area contributed by atoms with Crippen molar-refractivity contribution in [1.29, 1.82) is 0 Å². The number of aliphatic hydroxyl groups excluding tert-OH is 1. The molecule has 2 aliphatic rings. The van der Waals surface area contributed by atoms with E-state index in [4.69, 9.17) is 10.5 Å². The van der Waals surface area contributed by atoms with E-state index in [9.17, 15) is 23.1 Å². The molecule has 2 aliphatic heterocycles. The van der Waals surface area contributed by atoms with Crippen LogP contribution in [0.1, 0.15) is 46.1 Å². The van der Waals surface area contributed by atoms with Crippen molar-refractivity contribution in [3.63, 3.8) is 0 Å². The fraction of sp³-hybridized carbons (Fsp3) is 0.452. The summed E-state index contributed by atoms with van der Waals surface area (Å²) in [5, 5.41) is 12.0. The summed E-state index contributed by atoms with van der Waals surface area (Å²) >= 11 is 0. The summed E-state index contributed by atoms with van der Waals surface area (Å²) in [7, 11) is -3.66. The number of aliphatic hydroxyl groups is 1. The van der Waals surface area contributed by atoms with E-state index in [0.717, 1.165) is 17.5 Å². The van der Waals surface area contributed by atoms with E-state index in [0.29, 0.717) is 43.0 Å². The van der Waals surface area contributed by atoms with Crippen molar-refractivity contribution in [3.8, 4) is 11.1 Å². The lowest BCUT2D eigenvalue weighted by Crippen LogP contribution is -2.51. The van der Waals surface area contributed by atoms with Crippen LogP contribution in [0, 0.1) is 5.92 Å². The summed E-state index contributed by atoms with van der Waals surface area (Å²) in [6.45, 7) is 8.97. The Morgan fingerprint density at radius 1 is 1.14 bits per heavy atom. The molecule has 0 aromatic heterocycles. The van der Waals surface area contributed by atoms with E-state index >= 15 is 0 Å². The molecule has 4 N–H and O–H groups in total. The number of amidine groups is 1. The lowest BCUT2D eigenvalue weighted by atomic mass is 10.0. The predicted octanol–water partition coefficient (Wildman–Crippen LogP) is 3.51. The number of aliphatic imine (C=N–C) groups is 1. The van der Waals surface area contributed by atoms with E-state index in [1.165, 1.54) is 4.31 Å². The zero-order chi connectivity index (χ0) is 31.4. The summed E-state index contributed by atoms with van der Waals surface area (Å²) in [6, 6.07) is 12.3. The molecule has 2 aromatic carbocycles. The molecule has 2 amide bonds. The number of alkyl carbamates (subject to hydrolysis) is 1. The number of ether oxygens (including phenoxy) is 1. The van der Waals surface area contributed by atoms with Gasteiger partial charge in [0.15, 0.2) is 0 Å². The van der Waals surface area contributed by atoms with Crippen LogP contribution in [0.25, 0.3) is 17.2 Å². The Hall–Kier alpha value is -3.74. The first-order valence-electron chi connectivity index (χ1n) is 14.5. The van der Waals surface area contributed by atoms with Crippen molar-refractivity contribution in [2.75, 3.05) is 39.3 Å². The maximum Gasteiger partial charge on any atom is 0.407 e. The highest BCUT2D eigenvalue weighted by Crippen LogP contribution is 2.34. The molecule has 0 unspecified atom stereocenters. The predicted molar refractivity (Wildman–Crippen MR) is 166 cm³/mol. The highest BCUT2D eigenvalue weighted by molar-refractivity contribution is 7.89. The molecule has 43 heavy (non-hydrogen) atoms. The smallest absolute Gasteiger partial charge is 0.407 e. The largest absolute Gasteiger partial charge is 0.444 e. The van der Waals surface area contributed by atoms with Crippen molar-refractivity contribution in [2.24, 2.45) is 16.6 Å². The van der Waals surface area contributed by atoms with Gasteiger partial charge >= 0.3 is 6.09 Å². The van der Waals surface area contributed by atoms with Gasteiger partial charge in [-0.05, 0) is 62.6 Å². The van der Waals surface area contributed by atoms with Crippen LogP contribution in [0.5, 0.6) is 0 Å². The average Bonchev–Trinajstić information content (AvgIpc) is 3.08. The summed E-state index contributed by atoms with van der Waals surface area (Å²) < 4.78 is 32.8. The minimum atomic E-state index is -3.66. The standard InChI is InChI=1S/C31H41N5O6S/c1-5-12-35(13-11-33-30(39)42-31(2,3)4)29(38)25-14-24-10-9-23(16-27(24)34-28(32)17-25)22-7-6-8-26(15-22)43(40,41)36-18-21(19-36)20-37/h6-10,14-16,21,37H,5,11-13,17-20H2,1-4H3,(H2,32,34)(H,33,39). The topological polar surface area (TPSA) is 155 Å². The van der Waals surface area contributed by atoms with E-state index < -0.39 is 21.7 Å². The Kier molecular flexibility index (Phi) is 9.93. The number of nitrogens with zero attached hydrogens (tertiary/aromatic N) is 3. The molecule has 4 rings (SSSR count). The summed E-state index contributed by atoms with van der Waals surface area (Å²) in [6.07, 6.45) is 2.16. The molecule has 0 spiro atoms. The number of nitrogens with two attached hydrogens (primary N) is 1. The van der Waals surface area contributed by atoms with Crippen molar-refractivity contribution in [3.05, 3.63) is 53.6 Å².